The third kappa shape index (κ3) is 3.93. The number of ether oxygens (including phenoxy) is 2. The van der Waals surface area contributed by atoms with Gasteiger partial charge in [-0.2, -0.15) is 0 Å². The lowest BCUT2D eigenvalue weighted by Gasteiger charge is -2.09. The largest absolute Gasteiger partial charge is 0.490 e. The number of hydrogen-bond donors (Lipinski definition) is 0. The average Bonchev–Trinajstić information content (AvgIpc) is 2.96. The molecule has 21 heavy (non-hydrogen) atoms. The number of rotatable bonds is 7. The SMILES string of the molecule is CCc1ccsc1C(=O)c1ccc(OCCOC)c(Br)c1. The molecule has 0 aliphatic rings. The maximum atomic E-state index is 12.5. The van der Waals surface area contributed by atoms with Gasteiger partial charge >= 0.3 is 0 Å². The third-order valence-corrected chi connectivity index (χ3v) is 4.65. The number of aryl methyl sites for hydroxylation is 1. The van der Waals surface area contributed by atoms with E-state index in [1.54, 1.807) is 13.2 Å². The van der Waals surface area contributed by atoms with Crippen molar-refractivity contribution in [3.8, 4) is 5.75 Å². The fourth-order valence-corrected chi connectivity index (χ4v) is 3.39. The van der Waals surface area contributed by atoms with Crippen molar-refractivity contribution in [2.24, 2.45) is 0 Å². The van der Waals surface area contributed by atoms with E-state index >= 15 is 0 Å². The number of halogens is 1. The van der Waals surface area contributed by atoms with E-state index in [1.807, 2.05) is 23.6 Å². The van der Waals surface area contributed by atoms with Crippen LogP contribution in [-0.2, 0) is 11.2 Å². The van der Waals surface area contributed by atoms with Gasteiger partial charge in [0.2, 0.25) is 5.78 Å². The highest BCUT2D eigenvalue weighted by Gasteiger charge is 2.15. The Labute approximate surface area is 137 Å². The highest BCUT2D eigenvalue weighted by atomic mass is 79.9. The molecule has 1 heterocycles. The summed E-state index contributed by atoms with van der Waals surface area (Å²) in [6.45, 7) is 3.07. The standard InChI is InChI=1S/C16H17BrO3S/c1-3-11-6-9-21-16(11)15(18)12-4-5-14(13(17)10-12)20-8-7-19-2/h4-6,9-10H,3,7-8H2,1-2H3. The lowest BCUT2D eigenvalue weighted by atomic mass is 10.1. The van der Waals surface area contributed by atoms with E-state index in [2.05, 4.69) is 22.9 Å². The summed E-state index contributed by atoms with van der Waals surface area (Å²) in [5.41, 5.74) is 1.76. The van der Waals surface area contributed by atoms with Gasteiger partial charge in [-0.05, 0) is 57.6 Å². The molecule has 112 valence electrons. The van der Waals surface area contributed by atoms with Crippen LogP contribution in [-0.4, -0.2) is 26.1 Å². The number of thiophene rings is 1. The quantitative estimate of drug-likeness (QED) is 0.538. The van der Waals surface area contributed by atoms with Gasteiger partial charge in [-0.1, -0.05) is 6.92 Å². The Kier molecular flexibility index (Phi) is 5.96. The molecule has 0 aliphatic carbocycles. The summed E-state index contributed by atoms with van der Waals surface area (Å²) in [6.07, 6.45) is 0.865. The van der Waals surface area contributed by atoms with Crippen LogP contribution in [0.4, 0.5) is 0 Å². The summed E-state index contributed by atoms with van der Waals surface area (Å²) in [5.74, 6) is 0.775. The van der Waals surface area contributed by atoms with Crippen molar-refractivity contribution >= 4 is 33.0 Å². The van der Waals surface area contributed by atoms with Gasteiger partial charge in [0.25, 0.3) is 0 Å². The van der Waals surface area contributed by atoms with Crippen LogP contribution in [0.5, 0.6) is 5.75 Å². The van der Waals surface area contributed by atoms with E-state index in [1.165, 1.54) is 11.3 Å². The van der Waals surface area contributed by atoms with Crippen LogP contribution < -0.4 is 4.74 Å². The first-order valence-corrected chi connectivity index (χ1v) is 8.37. The number of benzene rings is 1. The zero-order valence-corrected chi connectivity index (χ0v) is 14.4. The molecule has 0 saturated heterocycles. The Hall–Kier alpha value is -1.17. The molecule has 0 atom stereocenters. The second kappa shape index (κ2) is 7.73. The first kappa shape index (κ1) is 16.2. The summed E-state index contributed by atoms with van der Waals surface area (Å²) in [6, 6.07) is 7.43. The Morgan fingerprint density at radius 1 is 1.29 bits per heavy atom. The van der Waals surface area contributed by atoms with Crippen molar-refractivity contribution in [2.75, 3.05) is 20.3 Å². The number of carbonyl (C=O) groups excluding carboxylic acids is 1. The van der Waals surface area contributed by atoms with E-state index in [-0.39, 0.29) is 5.78 Å². The maximum Gasteiger partial charge on any atom is 0.203 e. The Bertz CT molecular complexity index is 622. The first-order valence-electron chi connectivity index (χ1n) is 6.69. The highest BCUT2D eigenvalue weighted by molar-refractivity contribution is 9.10. The molecule has 0 aliphatic heterocycles. The van der Waals surface area contributed by atoms with Crippen molar-refractivity contribution in [1.82, 2.24) is 0 Å². The van der Waals surface area contributed by atoms with Crippen LogP contribution in [0.2, 0.25) is 0 Å². The fourth-order valence-electron chi connectivity index (χ4n) is 1.94. The molecule has 0 radical (unpaired) electrons. The van der Waals surface area contributed by atoms with Gasteiger partial charge in [0.1, 0.15) is 12.4 Å². The smallest absolute Gasteiger partial charge is 0.203 e. The van der Waals surface area contributed by atoms with Gasteiger partial charge in [-0.25, -0.2) is 0 Å². The van der Waals surface area contributed by atoms with Crippen LogP contribution in [0.3, 0.4) is 0 Å². The predicted octanol–water partition coefficient (Wildman–Crippen LogP) is 4.33. The van der Waals surface area contributed by atoms with E-state index in [4.69, 9.17) is 9.47 Å². The third-order valence-electron chi connectivity index (χ3n) is 3.07. The second-order valence-corrected chi connectivity index (χ2v) is 6.21. The van der Waals surface area contributed by atoms with E-state index < -0.39 is 0 Å². The predicted molar refractivity (Wildman–Crippen MR) is 88.6 cm³/mol. The van der Waals surface area contributed by atoms with Crippen LogP contribution in [0.15, 0.2) is 34.1 Å². The van der Waals surface area contributed by atoms with Crippen LogP contribution in [0, 0.1) is 0 Å². The molecule has 2 aromatic rings. The lowest BCUT2D eigenvalue weighted by molar-refractivity contribution is 0.104. The van der Waals surface area contributed by atoms with E-state index in [0.29, 0.717) is 24.5 Å². The number of methoxy groups -OCH3 is 1. The van der Waals surface area contributed by atoms with Gasteiger partial charge in [0, 0.05) is 12.7 Å². The van der Waals surface area contributed by atoms with Gasteiger partial charge in [-0.3, -0.25) is 4.79 Å². The van der Waals surface area contributed by atoms with Gasteiger partial charge in [-0.15, -0.1) is 11.3 Å². The monoisotopic (exact) mass is 368 g/mol. The minimum atomic E-state index is 0.0611. The highest BCUT2D eigenvalue weighted by Crippen LogP contribution is 2.28. The van der Waals surface area contributed by atoms with Gasteiger partial charge in [0.15, 0.2) is 0 Å². The summed E-state index contributed by atoms with van der Waals surface area (Å²) in [4.78, 5) is 13.4. The molecule has 0 saturated carbocycles. The summed E-state index contributed by atoms with van der Waals surface area (Å²) < 4.78 is 11.3. The Morgan fingerprint density at radius 3 is 2.76 bits per heavy atom. The maximum absolute atomic E-state index is 12.5. The van der Waals surface area contributed by atoms with Crippen molar-refractivity contribution in [1.29, 1.82) is 0 Å². The molecule has 3 nitrogen and oxygen atoms in total. The molecule has 5 heteroatoms. The summed E-state index contributed by atoms with van der Waals surface area (Å²) >= 11 is 4.94. The van der Waals surface area contributed by atoms with Gasteiger partial charge < -0.3 is 9.47 Å². The topological polar surface area (TPSA) is 35.5 Å². The van der Waals surface area contributed by atoms with Crippen LogP contribution >= 0.6 is 27.3 Å². The fraction of sp³-hybridized carbons (Fsp3) is 0.312. The van der Waals surface area contributed by atoms with Gasteiger partial charge in [0.05, 0.1) is 16.0 Å². The number of hydrogen-bond acceptors (Lipinski definition) is 4. The van der Waals surface area contributed by atoms with Crippen molar-refractivity contribution in [3.63, 3.8) is 0 Å². The number of ketones is 1. The molecular formula is C16H17BrO3S. The molecule has 0 bridgehead atoms. The van der Waals surface area contributed by atoms with Crippen molar-refractivity contribution in [2.45, 2.75) is 13.3 Å². The zero-order valence-electron chi connectivity index (χ0n) is 12.0. The molecule has 2 rings (SSSR count). The molecular weight excluding hydrogens is 352 g/mol. The van der Waals surface area contributed by atoms with Crippen molar-refractivity contribution < 1.29 is 14.3 Å². The molecule has 0 spiro atoms. The zero-order chi connectivity index (χ0) is 15.2. The minimum absolute atomic E-state index is 0.0611. The molecule has 1 aromatic heterocycles. The molecule has 0 N–H and O–H groups in total. The molecule has 0 fully saturated rings. The average molecular weight is 369 g/mol. The first-order chi connectivity index (χ1) is 10.2. The summed E-state index contributed by atoms with van der Waals surface area (Å²) in [5, 5.41) is 1.96. The van der Waals surface area contributed by atoms with Crippen molar-refractivity contribution in [3.05, 3.63) is 50.1 Å². The number of carbonyl (C=O) groups is 1. The van der Waals surface area contributed by atoms with Crippen LogP contribution in [0.1, 0.15) is 27.7 Å². The Morgan fingerprint density at radius 2 is 2.10 bits per heavy atom. The molecule has 0 unspecified atom stereocenters. The van der Waals surface area contributed by atoms with E-state index in [0.717, 1.165) is 21.3 Å². The second-order valence-electron chi connectivity index (χ2n) is 4.44. The molecule has 1 aromatic carbocycles. The minimum Gasteiger partial charge on any atom is -0.490 e. The normalized spacial score (nSPS) is 10.6. The molecule has 0 amide bonds. The Balaban J connectivity index is 2.18. The lowest BCUT2D eigenvalue weighted by Crippen LogP contribution is -2.06. The van der Waals surface area contributed by atoms with Crippen LogP contribution in [0.25, 0.3) is 0 Å². The van der Waals surface area contributed by atoms with E-state index in [9.17, 15) is 4.79 Å². The summed E-state index contributed by atoms with van der Waals surface area (Å²) in [7, 11) is 1.63.